The van der Waals surface area contributed by atoms with Gasteiger partial charge in [0.25, 0.3) is 5.89 Å². The van der Waals surface area contributed by atoms with Crippen molar-refractivity contribution in [1.82, 2.24) is 10.2 Å². The summed E-state index contributed by atoms with van der Waals surface area (Å²) in [7, 11) is 0. The maximum absolute atomic E-state index is 10.2. The van der Waals surface area contributed by atoms with E-state index in [2.05, 4.69) is 10.2 Å². The molecule has 0 aromatic carbocycles. The van der Waals surface area contributed by atoms with Crippen molar-refractivity contribution in [2.24, 2.45) is 0 Å². The minimum absolute atomic E-state index is 0.115. The zero-order chi connectivity index (χ0) is 10.7. The summed E-state index contributed by atoms with van der Waals surface area (Å²) in [5, 5.41) is 15.7. The quantitative estimate of drug-likeness (QED) is 0.764. The summed E-state index contributed by atoms with van der Waals surface area (Å²) < 4.78 is 10.1. The van der Waals surface area contributed by atoms with Crippen molar-refractivity contribution in [3.63, 3.8) is 0 Å². The van der Waals surface area contributed by atoms with Crippen LogP contribution in [-0.4, -0.2) is 21.3 Å². The fraction of sp³-hybridized carbons (Fsp3) is 0. The summed E-state index contributed by atoms with van der Waals surface area (Å²) in [6.07, 6.45) is 3.60. The van der Waals surface area contributed by atoms with Gasteiger partial charge in [0.1, 0.15) is 0 Å². The van der Waals surface area contributed by atoms with Gasteiger partial charge in [0.05, 0.1) is 6.26 Å². The third-order valence-electron chi connectivity index (χ3n) is 1.54. The van der Waals surface area contributed by atoms with Crippen molar-refractivity contribution >= 4 is 12.0 Å². The Morgan fingerprint density at radius 3 is 3.00 bits per heavy atom. The maximum Gasteiger partial charge on any atom is 0.328 e. The molecule has 0 saturated carbocycles. The minimum Gasteiger partial charge on any atom is -0.478 e. The van der Waals surface area contributed by atoms with Crippen LogP contribution in [0.1, 0.15) is 5.89 Å². The third-order valence-corrected chi connectivity index (χ3v) is 1.54. The van der Waals surface area contributed by atoms with Crippen molar-refractivity contribution in [3.05, 3.63) is 30.4 Å². The second-order valence-corrected chi connectivity index (χ2v) is 2.59. The number of hydrogen-bond donors (Lipinski definition) is 1. The van der Waals surface area contributed by atoms with Crippen LogP contribution in [0.3, 0.4) is 0 Å². The van der Waals surface area contributed by atoms with Crippen LogP contribution in [0.2, 0.25) is 0 Å². The molecule has 6 nitrogen and oxygen atoms in total. The summed E-state index contributed by atoms with van der Waals surface area (Å²) in [6.45, 7) is 0. The Labute approximate surface area is 83.8 Å². The molecule has 0 fully saturated rings. The normalized spacial score (nSPS) is 10.9. The highest BCUT2D eigenvalue weighted by molar-refractivity contribution is 5.84. The molecule has 0 bridgehead atoms. The van der Waals surface area contributed by atoms with Gasteiger partial charge < -0.3 is 13.9 Å². The van der Waals surface area contributed by atoms with Gasteiger partial charge in [-0.3, -0.25) is 0 Å². The van der Waals surface area contributed by atoms with E-state index in [9.17, 15) is 4.79 Å². The van der Waals surface area contributed by atoms with Crippen molar-refractivity contribution in [1.29, 1.82) is 0 Å². The number of aliphatic carboxylic acids is 1. The number of carboxylic acids is 1. The van der Waals surface area contributed by atoms with Gasteiger partial charge in [0, 0.05) is 12.2 Å². The minimum atomic E-state index is -1.08. The molecule has 2 heterocycles. The van der Waals surface area contributed by atoms with Crippen LogP contribution in [-0.2, 0) is 4.79 Å². The molecular formula is C9H6N2O4. The molecule has 2 aromatic heterocycles. The highest BCUT2D eigenvalue weighted by Crippen LogP contribution is 2.17. The SMILES string of the molecule is O=C(O)/C=C\c1nnc(-c2ccco2)o1. The van der Waals surface area contributed by atoms with Crippen LogP contribution in [0.5, 0.6) is 0 Å². The Morgan fingerprint density at radius 2 is 2.33 bits per heavy atom. The van der Waals surface area contributed by atoms with Crippen LogP contribution in [0.25, 0.3) is 17.7 Å². The molecular weight excluding hydrogens is 200 g/mol. The lowest BCUT2D eigenvalue weighted by molar-refractivity contribution is -0.131. The van der Waals surface area contributed by atoms with Crippen LogP contribution in [0.15, 0.2) is 33.3 Å². The van der Waals surface area contributed by atoms with Gasteiger partial charge in [-0.1, -0.05) is 0 Å². The first-order valence-electron chi connectivity index (χ1n) is 4.04. The number of carboxylic acid groups (broad SMARTS) is 1. The van der Waals surface area contributed by atoms with E-state index < -0.39 is 5.97 Å². The smallest absolute Gasteiger partial charge is 0.328 e. The maximum atomic E-state index is 10.2. The monoisotopic (exact) mass is 206 g/mol. The van der Waals surface area contributed by atoms with Gasteiger partial charge in [0.15, 0.2) is 5.76 Å². The van der Waals surface area contributed by atoms with E-state index in [1.165, 1.54) is 12.3 Å². The summed E-state index contributed by atoms with van der Waals surface area (Å²) in [5.41, 5.74) is 0. The molecule has 76 valence electrons. The van der Waals surface area contributed by atoms with E-state index >= 15 is 0 Å². The number of carbonyl (C=O) groups is 1. The fourth-order valence-corrected chi connectivity index (χ4v) is 0.944. The molecule has 6 heteroatoms. The van der Waals surface area contributed by atoms with Crippen LogP contribution in [0, 0.1) is 0 Å². The lowest BCUT2D eigenvalue weighted by atomic mass is 10.4. The average Bonchev–Trinajstić information content (AvgIpc) is 2.85. The zero-order valence-electron chi connectivity index (χ0n) is 7.45. The first-order chi connectivity index (χ1) is 7.25. The number of nitrogens with zero attached hydrogens (tertiary/aromatic N) is 2. The van der Waals surface area contributed by atoms with Gasteiger partial charge in [0.2, 0.25) is 5.89 Å². The summed E-state index contributed by atoms with van der Waals surface area (Å²) in [5.74, 6) is -0.306. The first kappa shape index (κ1) is 9.20. The van der Waals surface area contributed by atoms with Gasteiger partial charge in [-0.2, -0.15) is 0 Å². The van der Waals surface area contributed by atoms with E-state index in [4.69, 9.17) is 13.9 Å². The van der Waals surface area contributed by atoms with Gasteiger partial charge in [-0.25, -0.2) is 4.79 Å². The topological polar surface area (TPSA) is 89.4 Å². The molecule has 0 radical (unpaired) electrons. The molecule has 0 unspecified atom stereocenters. The van der Waals surface area contributed by atoms with Crippen LogP contribution >= 0.6 is 0 Å². The Kier molecular flexibility index (Phi) is 2.32. The zero-order valence-corrected chi connectivity index (χ0v) is 7.45. The highest BCUT2D eigenvalue weighted by atomic mass is 16.4. The number of furan rings is 1. The third kappa shape index (κ3) is 2.11. The fourth-order valence-electron chi connectivity index (χ4n) is 0.944. The molecule has 2 aromatic rings. The summed E-state index contributed by atoms with van der Waals surface area (Å²) in [6, 6.07) is 3.35. The van der Waals surface area contributed by atoms with Crippen molar-refractivity contribution in [3.8, 4) is 11.7 Å². The average molecular weight is 206 g/mol. The Hall–Kier alpha value is -2.37. The molecule has 0 amide bonds. The van der Waals surface area contributed by atoms with Crippen LogP contribution < -0.4 is 0 Å². The first-order valence-corrected chi connectivity index (χ1v) is 4.04. The van der Waals surface area contributed by atoms with Gasteiger partial charge in [-0.15, -0.1) is 10.2 Å². The molecule has 0 saturated heterocycles. The number of hydrogen-bond acceptors (Lipinski definition) is 5. The van der Waals surface area contributed by atoms with Crippen molar-refractivity contribution in [2.75, 3.05) is 0 Å². The predicted molar refractivity (Wildman–Crippen MR) is 48.7 cm³/mol. The number of aromatic nitrogens is 2. The second kappa shape index (κ2) is 3.79. The molecule has 15 heavy (non-hydrogen) atoms. The molecule has 0 aliphatic heterocycles. The van der Waals surface area contributed by atoms with E-state index in [-0.39, 0.29) is 11.8 Å². The summed E-state index contributed by atoms with van der Waals surface area (Å²) in [4.78, 5) is 10.2. The van der Waals surface area contributed by atoms with E-state index in [0.717, 1.165) is 6.08 Å². The lowest BCUT2D eigenvalue weighted by Gasteiger charge is -1.83. The Morgan fingerprint density at radius 1 is 1.47 bits per heavy atom. The van der Waals surface area contributed by atoms with E-state index in [1.807, 2.05) is 0 Å². The second-order valence-electron chi connectivity index (χ2n) is 2.59. The molecule has 1 N–H and O–H groups in total. The lowest BCUT2D eigenvalue weighted by Crippen LogP contribution is -1.85. The van der Waals surface area contributed by atoms with E-state index in [1.54, 1.807) is 12.1 Å². The molecule has 0 aliphatic carbocycles. The molecule has 0 aliphatic rings. The Balaban J connectivity index is 2.21. The standard InChI is InChI=1S/C9H6N2O4/c12-8(13)4-3-7-10-11-9(15-7)6-2-1-5-14-6/h1-5H,(H,12,13)/b4-3-. The summed E-state index contributed by atoms with van der Waals surface area (Å²) >= 11 is 0. The molecule has 2 rings (SSSR count). The largest absolute Gasteiger partial charge is 0.478 e. The van der Waals surface area contributed by atoms with Crippen molar-refractivity contribution in [2.45, 2.75) is 0 Å². The van der Waals surface area contributed by atoms with Gasteiger partial charge in [-0.05, 0) is 12.1 Å². The Bertz CT molecular complexity index is 484. The van der Waals surface area contributed by atoms with Gasteiger partial charge >= 0.3 is 5.97 Å². The number of rotatable bonds is 3. The van der Waals surface area contributed by atoms with Crippen molar-refractivity contribution < 1.29 is 18.7 Å². The predicted octanol–water partition coefficient (Wildman–Crippen LogP) is 1.43. The highest BCUT2D eigenvalue weighted by Gasteiger charge is 2.08. The molecule has 0 atom stereocenters. The van der Waals surface area contributed by atoms with Crippen LogP contribution in [0.4, 0.5) is 0 Å². The molecule has 0 spiro atoms. The van der Waals surface area contributed by atoms with E-state index in [0.29, 0.717) is 5.76 Å².